The van der Waals surface area contributed by atoms with Crippen molar-refractivity contribution in [2.75, 3.05) is 0 Å². The van der Waals surface area contributed by atoms with E-state index < -0.39 is 5.97 Å². The number of nitrogens with one attached hydrogen (secondary N) is 1. The first-order valence-corrected chi connectivity index (χ1v) is 5.01. The lowest BCUT2D eigenvalue weighted by Gasteiger charge is -2.10. The number of carboxylic acid groups (broad SMARTS) is 1. The normalized spacial score (nSPS) is 11.7. The maximum absolute atomic E-state index is 10.9. The Morgan fingerprint density at radius 3 is 2.71 bits per heavy atom. The van der Waals surface area contributed by atoms with Gasteiger partial charge in [0.2, 0.25) is 0 Å². The van der Waals surface area contributed by atoms with Crippen LogP contribution in [0.4, 0.5) is 0 Å². The van der Waals surface area contributed by atoms with E-state index in [0.717, 1.165) is 0 Å². The fourth-order valence-corrected chi connectivity index (χ4v) is 1.25. The first-order valence-electron chi connectivity index (χ1n) is 5.01. The predicted octanol–water partition coefficient (Wildman–Crippen LogP) is 1.46. The standard InChI is InChI=1S/C10H12N4O3/c1-10(2,3)9-13-7(17-14-9)5-6(8(15)16)12-4-11-5/h4H,1-3H3,(H,11,12)(H,15,16). The Bertz CT molecular complexity index is 550. The summed E-state index contributed by atoms with van der Waals surface area (Å²) in [6.07, 6.45) is 1.28. The van der Waals surface area contributed by atoms with Gasteiger partial charge in [0.25, 0.3) is 5.89 Å². The minimum Gasteiger partial charge on any atom is -0.476 e. The number of carboxylic acids is 1. The highest BCUT2D eigenvalue weighted by Crippen LogP contribution is 2.23. The molecule has 0 saturated heterocycles. The summed E-state index contributed by atoms with van der Waals surface area (Å²) >= 11 is 0. The van der Waals surface area contributed by atoms with Crippen LogP contribution in [0, 0.1) is 0 Å². The molecule has 0 aliphatic carbocycles. The molecule has 0 radical (unpaired) electrons. The lowest BCUT2D eigenvalue weighted by molar-refractivity contribution is 0.0691. The molecule has 0 aliphatic heterocycles. The zero-order valence-electron chi connectivity index (χ0n) is 9.68. The van der Waals surface area contributed by atoms with Gasteiger partial charge in [0.15, 0.2) is 11.5 Å². The summed E-state index contributed by atoms with van der Waals surface area (Å²) in [5.41, 5.74) is -0.167. The number of carbonyl (C=O) groups is 1. The minimum atomic E-state index is -1.14. The first kappa shape index (κ1) is 11.3. The molecular formula is C10H12N4O3. The van der Waals surface area contributed by atoms with E-state index in [-0.39, 0.29) is 22.7 Å². The van der Waals surface area contributed by atoms with Crippen LogP contribution in [-0.4, -0.2) is 31.2 Å². The lowest BCUT2D eigenvalue weighted by Crippen LogP contribution is -2.13. The van der Waals surface area contributed by atoms with Crippen LogP contribution in [0.25, 0.3) is 11.6 Å². The van der Waals surface area contributed by atoms with Gasteiger partial charge in [0.1, 0.15) is 5.69 Å². The summed E-state index contributed by atoms with van der Waals surface area (Å²) in [5.74, 6) is -0.500. The van der Waals surface area contributed by atoms with E-state index in [1.54, 1.807) is 0 Å². The number of aromatic nitrogens is 4. The highest BCUT2D eigenvalue weighted by Gasteiger charge is 2.24. The highest BCUT2D eigenvalue weighted by molar-refractivity contribution is 5.91. The molecule has 0 unspecified atom stereocenters. The number of H-pyrrole nitrogens is 1. The van der Waals surface area contributed by atoms with E-state index in [0.29, 0.717) is 5.82 Å². The quantitative estimate of drug-likeness (QED) is 0.817. The number of rotatable bonds is 2. The molecule has 0 spiro atoms. The molecule has 0 amide bonds. The SMILES string of the molecule is CC(C)(C)c1noc(-c2[nH]cnc2C(=O)O)n1. The van der Waals surface area contributed by atoms with Gasteiger partial charge in [-0.15, -0.1) is 0 Å². The van der Waals surface area contributed by atoms with Crippen LogP contribution < -0.4 is 0 Å². The molecule has 0 aromatic carbocycles. The third-order valence-corrected chi connectivity index (χ3v) is 2.15. The fourth-order valence-electron chi connectivity index (χ4n) is 1.25. The zero-order chi connectivity index (χ0) is 12.6. The molecule has 0 atom stereocenters. The van der Waals surface area contributed by atoms with Gasteiger partial charge in [0.05, 0.1) is 6.33 Å². The van der Waals surface area contributed by atoms with Crippen molar-refractivity contribution in [2.24, 2.45) is 0 Å². The molecule has 0 bridgehead atoms. The summed E-state index contributed by atoms with van der Waals surface area (Å²) in [7, 11) is 0. The third kappa shape index (κ3) is 2.03. The second-order valence-corrected chi connectivity index (χ2v) is 4.60. The van der Waals surface area contributed by atoms with Gasteiger partial charge in [0, 0.05) is 5.41 Å². The largest absolute Gasteiger partial charge is 0.476 e. The van der Waals surface area contributed by atoms with Crippen LogP contribution in [0.5, 0.6) is 0 Å². The van der Waals surface area contributed by atoms with Gasteiger partial charge in [-0.1, -0.05) is 25.9 Å². The first-order chi connectivity index (χ1) is 7.89. The molecule has 2 rings (SSSR count). The Labute approximate surface area is 96.9 Å². The van der Waals surface area contributed by atoms with Crippen LogP contribution in [0.1, 0.15) is 37.1 Å². The summed E-state index contributed by atoms with van der Waals surface area (Å²) in [5, 5.41) is 12.7. The van der Waals surface area contributed by atoms with E-state index in [1.807, 2.05) is 20.8 Å². The molecule has 17 heavy (non-hydrogen) atoms. The molecule has 7 nitrogen and oxygen atoms in total. The van der Waals surface area contributed by atoms with Crippen LogP contribution >= 0.6 is 0 Å². The number of imidazole rings is 1. The van der Waals surface area contributed by atoms with Crippen molar-refractivity contribution in [2.45, 2.75) is 26.2 Å². The second kappa shape index (κ2) is 3.69. The average molecular weight is 236 g/mol. The molecule has 2 heterocycles. The molecule has 2 aromatic rings. The molecule has 7 heteroatoms. The van der Waals surface area contributed by atoms with Crippen molar-refractivity contribution in [3.63, 3.8) is 0 Å². The summed E-state index contributed by atoms with van der Waals surface area (Å²) in [6.45, 7) is 5.81. The maximum Gasteiger partial charge on any atom is 0.356 e. The summed E-state index contributed by atoms with van der Waals surface area (Å²) in [6, 6.07) is 0. The topological polar surface area (TPSA) is 105 Å². The molecule has 2 N–H and O–H groups in total. The third-order valence-electron chi connectivity index (χ3n) is 2.15. The molecule has 2 aromatic heterocycles. The Morgan fingerprint density at radius 1 is 1.47 bits per heavy atom. The van der Waals surface area contributed by atoms with E-state index >= 15 is 0 Å². The number of hydrogen-bond acceptors (Lipinski definition) is 5. The minimum absolute atomic E-state index is 0.129. The molecular weight excluding hydrogens is 224 g/mol. The lowest BCUT2D eigenvalue weighted by atomic mass is 9.96. The maximum atomic E-state index is 10.9. The smallest absolute Gasteiger partial charge is 0.356 e. The fraction of sp³-hybridized carbons (Fsp3) is 0.400. The van der Waals surface area contributed by atoms with Crippen molar-refractivity contribution < 1.29 is 14.4 Å². The molecule has 0 fully saturated rings. The monoisotopic (exact) mass is 236 g/mol. The van der Waals surface area contributed by atoms with Crippen LogP contribution in [0.2, 0.25) is 0 Å². The van der Waals surface area contributed by atoms with Crippen molar-refractivity contribution in [1.29, 1.82) is 0 Å². The summed E-state index contributed by atoms with van der Waals surface area (Å²) < 4.78 is 5.03. The van der Waals surface area contributed by atoms with E-state index in [1.165, 1.54) is 6.33 Å². The average Bonchev–Trinajstić information content (AvgIpc) is 2.85. The van der Waals surface area contributed by atoms with E-state index in [2.05, 4.69) is 20.1 Å². The summed E-state index contributed by atoms with van der Waals surface area (Å²) in [4.78, 5) is 21.4. The predicted molar refractivity (Wildman–Crippen MR) is 57.5 cm³/mol. The number of hydrogen-bond donors (Lipinski definition) is 2. The number of nitrogens with zero attached hydrogens (tertiary/aromatic N) is 3. The van der Waals surface area contributed by atoms with Crippen molar-refractivity contribution in [3.05, 3.63) is 17.8 Å². The van der Waals surface area contributed by atoms with Gasteiger partial charge in [-0.05, 0) is 0 Å². The zero-order valence-corrected chi connectivity index (χ0v) is 9.68. The number of aromatic carboxylic acids is 1. The Kier molecular flexibility index (Phi) is 2.45. The Morgan fingerprint density at radius 2 is 2.18 bits per heavy atom. The van der Waals surface area contributed by atoms with Crippen LogP contribution in [0.15, 0.2) is 10.9 Å². The van der Waals surface area contributed by atoms with Crippen molar-refractivity contribution in [1.82, 2.24) is 20.1 Å². The van der Waals surface area contributed by atoms with Gasteiger partial charge < -0.3 is 14.6 Å². The molecule has 90 valence electrons. The van der Waals surface area contributed by atoms with E-state index in [4.69, 9.17) is 9.63 Å². The van der Waals surface area contributed by atoms with Crippen LogP contribution in [0.3, 0.4) is 0 Å². The van der Waals surface area contributed by atoms with Crippen LogP contribution in [-0.2, 0) is 5.41 Å². The Balaban J connectivity index is 2.44. The molecule has 0 saturated carbocycles. The Hall–Kier alpha value is -2.18. The van der Waals surface area contributed by atoms with Gasteiger partial charge in [-0.25, -0.2) is 9.78 Å². The van der Waals surface area contributed by atoms with E-state index in [9.17, 15) is 4.79 Å². The van der Waals surface area contributed by atoms with Gasteiger partial charge >= 0.3 is 5.97 Å². The highest BCUT2D eigenvalue weighted by atomic mass is 16.5. The van der Waals surface area contributed by atoms with Crippen molar-refractivity contribution in [3.8, 4) is 11.6 Å². The van der Waals surface area contributed by atoms with Gasteiger partial charge in [-0.3, -0.25) is 0 Å². The van der Waals surface area contributed by atoms with Gasteiger partial charge in [-0.2, -0.15) is 4.98 Å². The van der Waals surface area contributed by atoms with Crippen molar-refractivity contribution >= 4 is 5.97 Å². The second-order valence-electron chi connectivity index (χ2n) is 4.60. The number of aromatic amines is 1. The molecule has 0 aliphatic rings.